The van der Waals surface area contributed by atoms with Gasteiger partial charge in [-0.15, -0.1) is 0 Å². The lowest BCUT2D eigenvalue weighted by molar-refractivity contribution is 0.103. The molecule has 0 saturated carbocycles. The number of carbonyl (C=O) groups is 1. The molecular formula is C16H13FN2O2. The molecule has 0 saturated heterocycles. The maximum Gasteiger partial charge on any atom is 0.198 e. The van der Waals surface area contributed by atoms with E-state index in [0.29, 0.717) is 22.4 Å². The SMILES string of the molecule is COc1ccc2[nH]cc(C(=O)c3cc(N)ccc3F)c2c1. The number of nitrogens with one attached hydrogen (secondary N) is 1. The minimum Gasteiger partial charge on any atom is -0.497 e. The highest BCUT2D eigenvalue weighted by Crippen LogP contribution is 2.26. The van der Waals surface area contributed by atoms with Crippen LogP contribution in [0.15, 0.2) is 42.6 Å². The summed E-state index contributed by atoms with van der Waals surface area (Å²) in [6.07, 6.45) is 1.56. The summed E-state index contributed by atoms with van der Waals surface area (Å²) in [4.78, 5) is 15.5. The highest BCUT2D eigenvalue weighted by atomic mass is 19.1. The Morgan fingerprint density at radius 1 is 1.19 bits per heavy atom. The van der Waals surface area contributed by atoms with E-state index in [2.05, 4.69) is 4.98 Å². The maximum absolute atomic E-state index is 13.8. The quantitative estimate of drug-likeness (QED) is 0.573. The van der Waals surface area contributed by atoms with Gasteiger partial charge in [-0.2, -0.15) is 0 Å². The fourth-order valence-electron chi connectivity index (χ4n) is 2.28. The molecule has 0 unspecified atom stereocenters. The second kappa shape index (κ2) is 4.94. The Bertz CT molecular complexity index is 839. The summed E-state index contributed by atoms with van der Waals surface area (Å²) in [7, 11) is 1.55. The molecule has 0 radical (unpaired) electrons. The number of fused-ring (bicyclic) bond motifs is 1. The van der Waals surface area contributed by atoms with Crippen LogP contribution in [0.1, 0.15) is 15.9 Å². The number of hydrogen-bond acceptors (Lipinski definition) is 3. The predicted octanol–water partition coefficient (Wildman–Crippen LogP) is 3.13. The Balaban J connectivity index is 2.15. The molecule has 3 rings (SSSR count). The topological polar surface area (TPSA) is 68.1 Å². The van der Waals surface area contributed by atoms with Gasteiger partial charge >= 0.3 is 0 Å². The first-order valence-corrected chi connectivity index (χ1v) is 6.35. The average molecular weight is 284 g/mol. The first kappa shape index (κ1) is 13.2. The number of rotatable bonds is 3. The van der Waals surface area contributed by atoms with Crippen molar-refractivity contribution in [1.29, 1.82) is 0 Å². The van der Waals surface area contributed by atoms with E-state index in [0.717, 1.165) is 5.52 Å². The van der Waals surface area contributed by atoms with Crippen LogP contribution < -0.4 is 10.5 Å². The lowest BCUT2D eigenvalue weighted by atomic mass is 10.0. The molecule has 4 nitrogen and oxygen atoms in total. The molecule has 0 aliphatic heterocycles. The third kappa shape index (κ3) is 2.23. The third-order valence-electron chi connectivity index (χ3n) is 3.37. The zero-order chi connectivity index (χ0) is 15.0. The van der Waals surface area contributed by atoms with E-state index in [9.17, 15) is 9.18 Å². The Labute approximate surface area is 120 Å². The zero-order valence-electron chi connectivity index (χ0n) is 11.3. The molecule has 2 aromatic carbocycles. The lowest BCUT2D eigenvalue weighted by Gasteiger charge is -2.04. The zero-order valence-corrected chi connectivity index (χ0v) is 11.3. The largest absolute Gasteiger partial charge is 0.497 e. The molecular weight excluding hydrogens is 271 g/mol. The molecule has 106 valence electrons. The fraction of sp³-hybridized carbons (Fsp3) is 0.0625. The number of anilines is 1. The summed E-state index contributed by atoms with van der Waals surface area (Å²) in [6.45, 7) is 0. The van der Waals surface area contributed by atoms with Crippen molar-refractivity contribution in [2.75, 3.05) is 12.8 Å². The van der Waals surface area contributed by atoms with Gasteiger partial charge in [-0.25, -0.2) is 4.39 Å². The monoisotopic (exact) mass is 284 g/mol. The van der Waals surface area contributed by atoms with Crippen LogP contribution in [0, 0.1) is 5.82 Å². The van der Waals surface area contributed by atoms with Gasteiger partial charge in [0.1, 0.15) is 11.6 Å². The average Bonchev–Trinajstić information content (AvgIpc) is 2.91. The van der Waals surface area contributed by atoms with Gasteiger partial charge in [0, 0.05) is 28.4 Å². The molecule has 0 bridgehead atoms. The number of hydrogen-bond donors (Lipinski definition) is 2. The van der Waals surface area contributed by atoms with Crippen LogP contribution in [0.4, 0.5) is 10.1 Å². The van der Waals surface area contributed by atoms with Crippen LogP contribution in [0.2, 0.25) is 0 Å². The summed E-state index contributed by atoms with van der Waals surface area (Å²) in [5.41, 5.74) is 7.10. The molecule has 0 aliphatic rings. The van der Waals surface area contributed by atoms with E-state index in [4.69, 9.17) is 10.5 Å². The van der Waals surface area contributed by atoms with Gasteiger partial charge in [0.15, 0.2) is 5.78 Å². The maximum atomic E-state index is 13.8. The molecule has 0 atom stereocenters. The molecule has 21 heavy (non-hydrogen) atoms. The highest BCUT2D eigenvalue weighted by molar-refractivity contribution is 6.16. The van der Waals surface area contributed by atoms with Crippen LogP contribution in [-0.4, -0.2) is 17.9 Å². The first-order valence-electron chi connectivity index (χ1n) is 6.35. The smallest absolute Gasteiger partial charge is 0.198 e. The molecule has 0 spiro atoms. The van der Waals surface area contributed by atoms with E-state index in [1.807, 2.05) is 0 Å². The summed E-state index contributed by atoms with van der Waals surface area (Å²) in [5, 5.41) is 0.682. The van der Waals surface area contributed by atoms with Crippen LogP contribution in [-0.2, 0) is 0 Å². The van der Waals surface area contributed by atoms with Gasteiger partial charge in [-0.05, 0) is 36.4 Å². The summed E-state index contributed by atoms with van der Waals surface area (Å²) >= 11 is 0. The number of halogens is 1. The molecule has 3 aromatic rings. The van der Waals surface area contributed by atoms with E-state index in [1.54, 1.807) is 31.5 Å². The van der Waals surface area contributed by atoms with Crippen LogP contribution in [0.25, 0.3) is 10.9 Å². The van der Waals surface area contributed by atoms with Crippen molar-refractivity contribution < 1.29 is 13.9 Å². The number of nitrogens with two attached hydrogens (primary N) is 1. The first-order chi connectivity index (χ1) is 10.1. The van der Waals surface area contributed by atoms with Gasteiger partial charge in [0.2, 0.25) is 0 Å². The number of ketones is 1. The number of nitrogen functional groups attached to an aromatic ring is 1. The second-order valence-corrected chi connectivity index (χ2v) is 4.68. The van der Waals surface area contributed by atoms with Crippen LogP contribution in [0.5, 0.6) is 5.75 Å². The van der Waals surface area contributed by atoms with Crippen molar-refractivity contribution in [1.82, 2.24) is 4.98 Å². The van der Waals surface area contributed by atoms with E-state index in [1.165, 1.54) is 18.2 Å². The van der Waals surface area contributed by atoms with Gasteiger partial charge in [-0.3, -0.25) is 4.79 Å². The highest BCUT2D eigenvalue weighted by Gasteiger charge is 2.18. The number of aromatic amines is 1. The van der Waals surface area contributed by atoms with Crippen LogP contribution >= 0.6 is 0 Å². The second-order valence-electron chi connectivity index (χ2n) is 4.68. The lowest BCUT2D eigenvalue weighted by Crippen LogP contribution is -2.04. The van der Waals surface area contributed by atoms with Gasteiger partial charge < -0.3 is 15.5 Å². The fourth-order valence-corrected chi connectivity index (χ4v) is 2.28. The number of methoxy groups -OCH3 is 1. The summed E-state index contributed by atoms with van der Waals surface area (Å²) in [6, 6.07) is 9.29. The number of benzene rings is 2. The standard InChI is InChI=1S/C16H13FN2O2/c1-21-10-3-5-15-11(7-10)13(8-19-15)16(20)12-6-9(18)2-4-14(12)17/h2-8,19H,18H2,1H3. The Kier molecular flexibility index (Phi) is 3.10. The third-order valence-corrected chi connectivity index (χ3v) is 3.37. The molecule has 3 N–H and O–H groups in total. The Morgan fingerprint density at radius 3 is 2.76 bits per heavy atom. The van der Waals surface area contributed by atoms with Crippen molar-refractivity contribution in [3.8, 4) is 5.75 Å². The van der Waals surface area contributed by atoms with Crippen molar-refractivity contribution in [3.05, 3.63) is 59.5 Å². The number of H-pyrrole nitrogens is 1. The van der Waals surface area contributed by atoms with Crippen molar-refractivity contribution in [3.63, 3.8) is 0 Å². The predicted molar refractivity (Wildman–Crippen MR) is 79.1 cm³/mol. The van der Waals surface area contributed by atoms with Crippen LogP contribution in [0.3, 0.4) is 0 Å². The Morgan fingerprint density at radius 2 is 2.00 bits per heavy atom. The molecule has 0 amide bonds. The van der Waals surface area contributed by atoms with Crippen molar-refractivity contribution >= 4 is 22.4 Å². The number of ether oxygens (including phenoxy) is 1. The van der Waals surface area contributed by atoms with E-state index in [-0.39, 0.29) is 5.56 Å². The summed E-state index contributed by atoms with van der Waals surface area (Å²) in [5.74, 6) is -0.380. The molecule has 5 heteroatoms. The minimum atomic E-state index is -0.591. The van der Waals surface area contributed by atoms with Gasteiger partial charge in [0.05, 0.1) is 12.7 Å². The number of aromatic nitrogens is 1. The van der Waals surface area contributed by atoms with E-state index < -0.39 is 11.6 Å². The normalized spacial score (nSPS) is 10.8. The molecule has 1 aromatic heterocycles. The van der Waals surface area contributed by atoms with Gasteiger partial charge in [0.25, 0.3) is 0 Å². The minimum absolute atomic E-state index is 0.0429. The van der Waals surface area contributed by atoms with E-state index >= 15 is 0 Å². The number of carbonyl (C=O) groups excluding carboxylic acids is 1. The van der Waals surface area contributed by atoms with Crippen molar-refractivity contribution in [2.45, 2.75) is 0 Å². The molecule has 1 heterocycles. The summed E-state index contributed by atoms with van der Waals surface area (Å²) < 4.78 is 19.0. The van der Waals surface area contributed by atoms with Crippen molar-refractivity contribution in [2.24, 2.45) is 0 Å². The Hall–Kier alpha value is -2.82. The van der Waals surface area contributed by atoms with Gasteiger partial charge in [-0.1, -0.05) is 0 Å². The molecule has 0 aliphatic carbocycles. The molecule has 0 fully saturated rings.